The molecular weight excluding hydrogens is 415 g/mol. The Morgan fingerprint density at radius 3 is 2.87 bits per heavy atom. The second-order valence-corrected chi connectivity index (χ2v) is 7.71. The maximum absolute atomic E-state index is 13.3. The lowest BCUT2D eigenvalue weighted by Gasteiger charge is -2.11. The number of carbonyl (C=O) groups excluding carboxylic acids is 1. The maximum atomic E-state index is 13.3. The Morgan fingerprint density at radius 1 is 1.19 bits per heavy atom. The lowest BCUT2D eigenvalue weighted by Crippen LogP contribution is -2.15. The van der Waals surface area contributed by atoms with Crippen LogP contribution in [-0.2, 0) is 17.8 Å². The van der Waals surface area contributed by atoms with Crippen LogP contribution in [0.15, 0.2) is 66.4 Å². The first-order chi connectivity index (χ1) is 15.1. The lowest BCUT2D eigenvalue weighted by molar-refractivity contribution is -0.115. The van der Waals surface area contributed by atoms with Crippen LogP contribution in [0.2, 0.25) is 0 Å². The Kier molecular flexibility index (Phi) is 6.28. The minimum absolute atomic E-state index is 0.160. The van der Waals surface area contributed by atoms with Crippen molar-refractivity contribution >= 4 is 22.9 Å². The fourth-order valence-corrected chi connectivity index (χ4v) is 3.71. The van der Waals surface area contributed by atoms with Crippen LogP contribution in [-0.4, -0.2) is 20.9 Å². The van der Waals surface area contributed by atoms with Gasteiger partial charge >= 0.3 is 0 Å². The molecule has 0 fully saturated rings. The highest BCUT2D eigenvalue weighted by Gasteiger charge is 2.11. The van der Waals surface area contributed by atoms with Crippen molar-refractivity contribution in [3.05, 3.63) is 89.1 Å². The van der Waals surface area contributed by atoms with Crippen LogP contribution in [0.1, 0.15) is 16.8 Å². The molecule has 0 saturated heterocycles. The molecule has 0 saturated carbocycles. The number of nitrogens with zero attached hydrogens (tertiary/aromatic N) is 3. The first kappa shape index (κ1) is 20.6. The van der Waals surface area contributed by atoms with Crippen molar-refractivity contribution in [1.29, 1.82) is 0 Å². The number of aryl methyl sites for hydroxylation is 1. The largest absolute Gasteiger partial charge is 0.489 e. The topological polar surface area (TPSA) is 77.0 Å². The van der Waals surface area contributed by atoms with E-state index in [0.29, 0.717) is 22.8 Å². The van der Waals surface area contributed by atoms with Gasteiger partial charge in [0.05, 0.1) is 18.3 Å². The molecule has 4 rings (SSSR count). The molecule has 1 amide bonds. The van der Waals surface area contributed by atoms with Crippen molar-refractivity contribution in [1.82, 2.24) is 15.0 Å². The van der Waals surface area contributed by atoms with Gasteiger partial charge < -0.3 is 10.1 Å². The van der Waals surface area contributed by atoms with Gasteiger partial charge in [-0.25, -0.2) is 9.37 Å². The number of anilines is 1. The summed E-state index contributed by atoms with van der Waals surface area (Å²) in [5, 5.41) is 5.48. The predicted octanol–water partition coefficient (Wildman–Crippen LogP) is 4.81. The fourth-order valence-electron chi connectivity index (χ4n) is 2.93. The molecule has 0 radical (unpaired) electrons. The van der Waals surface area contributed by atoms with E-state index in [2.05, 4.69) is 20.3 Å². The summed E-state index contributed by atoms with van der Waals surface area (Å²) in [6.45, 7) is 2.15. The third kappa shape index (κ3) is 5.49. The van der Waals surface area contributed by atoms with Gasteiger partial charge in [-0.3, -0.25) is 14.8 Å². The summed E-state index contributed by atoms with van der Waals surface area (Å²) in [4.78, 5) is 25.2. The first-order valence-corrected chi connectivity index (χ1v) is 10.4. The van der Waals surface area contributed by atoms with Gasteiger partial charge in [-0.1, -0.05) is 12.1 Å². The van der Waals surface area contributed by atoms with Crippen molar-refractivity contribution in [2.45, 2.75) is 20.0 Å². The quantitative estimate of drug-likeness (QED) is 0.452. The van der Waals surface area contributed by atoms with Crippen molar-refractivity contribution < 1.29 is 13.9 Å². The lowest BCUT2D eigenvalue weighted by atomic mass is 10.2. The number of nitrogens with one attached hydrogen (secondary N) is 1. The van der Waals surface area contributed by atoms with Crippen molar-refractivity contribution in [2.24, 2.45) is 0 Å². The van der Waals surface area contributed by atoms with Crippen LogP contribution in [0, 0.1) is 12.7 Å². The molecule has 31 heavy (non-hydrogen) atoms. The summed E-state index contributed by atoms with van der Waals surface area (Å²) in [6, 6.07) is 11.7. The van der Waals surface area contributed by atoms with Crippen LogP contribution in [0.3, 0.4) is 0 Å². The molecular formula is C23H19FN4O2S. The Labute approximate surface area is 182 Å². The van der Waals surface area contributed by atoms with Gasteiger partial charge in [0, 0.05) is 23.5 Å². The number of hydrogen-bond acceptors (Lipinski definition) is 6. The van der Waals surface area contributed by atoms with E-state index in [0.717, 1.165) is 16.1 Å². The zero-order chi connectivity index (χ0) is 21.6. The summed E-state index contributed by atoms with van der Waals surface area (Å²) >= 11 is 1.43. The zero-order valence-electron chi connectivity index (χ0n) is 16.7. The van der Waals surface area contributed by atoms with E-state index >= 15 is 0 Å². The van der Waals surface area contributed by atoms with E-state index in [1.54, 1.807) is 42.9 Å². The number of halogens is 1. The van der Waals surface area contributed by atoms with Crippen LogP contribution in [0.25, 0.3) is 10.7 Å². The van der Waals surface area contributed by atoms with Crippen molar-refractivity contribution in [2.75, 3.05) is 5.32 Å². The molecule has 2 aromatic carbocycles. The van der Waals surface area contributed by atoms with Crippen molar-refractivity contribution in [3.8, 4) is 16.5 Å². The van der Waals surface area contributed by atoms with Gasteiger partial charge in [-0.05, 0) is 48.4 Å². The second kappa shape index (κ2) is 9.44. The van der Waals surface area contributed by atoms with Crippen LogP contribution < -0.4 is 10.1 Å². The average Bonchev–Trinajstić information content (AvgIpc) is 3.23. The maximum Gasteiger partial charge on any atom is 0.230 e. The number of rotatable bonds is 7. The predicted molar refractivity (Wildman–Crippen MR) is 117 cm³/mol. The molecule has 0 atom stereocenters. The number of aromatic nitrogens is 3. The Morgan fingerprint density at radius 2 is 2.10 bits per heavy atom. The molecule has 1 N–H and O–H groups in total. The molecule has 4 aromatic rings. The van der Waals surface area contributed by atoms with E-state index in [9.17, 15) is 9.18 Å². The number of amides is 1. The molecule has 0 bridgehead atoms. The average molecular weight is 434 g/mol. The number of thiazole rings is 1. The van der Waals surface area contributed by atoms with E-state index in [4.69, 9.17) is 4.74 Å². The highest BCUT2D eigenvalue weighted by molar-refractivity contribution is 7.13. The normalized spacial score (nSPS) is 10.6. The highest BCUT2D eigenvalue weighted by atomic mass is 32.1. The molecule has 0 aliphatic rings. The Bertz CT molecular complexity index is 1200. The second-order valence-electron chi connectivity index (χ2n) is 6.85. The van der Waals surface area contributed by atoms with Crippen LogP contribution >= 0.6 is 11.3 Å². The molecule has 0 aliphatic carbocycles. The van der Waals surface area contributed by atoms with Gasteiger partial charge in [-0.2, -0.15) is 0 Å². The third-order valence-corrected chi connectivity index (χ3v) is 5.36. The number of benzene rings is 2. The Hall–Kier alpha value is -3.65. The fraction of sp³-hybridized carbons (Fsp3) is 0.130. The van der Waals surface area contributed by atoms with Crippen molar-refractivity contribution in [3.63, 3.8) is 0 Å². The van der Waals surface area contributed by atoms with Gasteiger partial charge in [0.25, 0.3) is 0 Å². The summed E-state index contributed by atoms with van der Waals surface area (Å²) in [5.41, 5.74) is 3.68. The van der Waals surface area contributed by atoms with E-state index < -0.39 is 0 Å². The molecule has 6 nitrogen and oxygen atoms in total. The minimum atomic E-state index is -0.292. The first-order valence-electron chi connectivity index (χ1n) is 9.55. The molecule has 2 heterocycles. The minimum Gasteiger partial charge on any atom is -0.489 e. The van der Waals surface area contributed by atoms with Gasteiger partial charge in [0.15, 0.2) is 0 Å². The summed E-state index contributed by atoms with van der Waals surface area (Å²) in [6.07, 6.45) is 5.01. The van der Waals surface area contributed by atoms with Gasteiger partial charge in [0.1, 0.15) is 28.9 Å². The summed E-state index contributed by atoms with van der Waals surface area (Å²) in [7, 11) is 0. The Balaban J connectivity index is 1.34. The molecule has 2 aromatic heterocycles. The zero-order valence-corrected chi connectivity index (χ0v) is 17.5. The molecule has 156 valence electrons. The standard InChI is InChI=1S/C23H19FN4O2S/c1-15-9-19(30-13-16-3-2-4-17(24)10-16)5-6-20(15)28-22(29)11-18-14-31-23(27-18)21-12-25-7-8-26-21/h2-10,12,14H,11,13H2,1H3,(H,28,29). The summed E-state index contributed by atoms with van der Waals surface area (Å²) in [5.74, 6) is 0.194. The van der Waals surface area contributed by atoms with E-state index in [-0.39, 0.29) is 24.8 Å². The third-order valence-electron chi connectivity index (χ3n) is 4.44. The highest BCUT2D eigenvalue weighted by Crippen LogP contribution is 2.24. The molecule has 8 heteroatoms. The number of ether oxygens (including phenoxy) is 1. The molecule has 0 aliphatic heterocycles. The summed E-state index contributed by atoms with van der Waals surface area (Å²) < 4.78 is 19.0. The van der Waals surface area contributed by atoms with Gasteiger partial charge in [-0.15, -0.1) is 11.3 Å². The van der Waals surface area contributed by atoms with Gasteiger partial charge in [0.2, 0.25) is 5.91 Å². The number of carbonyl (C=O) groups is 1. The SMILES string of the molecule is Cc1cc(OCc2cccc(F)c2)ccc1NC(=O)Cc1csc(-c2cnccn2)n1. The monoisotopic (exact) mass is 434 g/mol. The van der Waals surface area contributed by atoms with E-state index in [1.807, 2.05) is 18.4 Å². The van der Waals surface area contributed by atoms with Crippen LogP contribution in [0.5, 0.6) is 5.75 Å². The van der Waals surface area contributed by atoms with Crippen LogP contribution in [0.4, 0.5) is 10.1 Å². The number of hydrogen-bond donors (Lipinski definition) is 1. The molecule has 0 unspecified atom stereocenters. The smallest absolute Gasteiger partial charge is 0.230 e. The molecule has 0 spiro atoms. The van der Waals surface area contributed by atoms with E-state index in [1.165, 1.54) is 23.5 Å².